The van der Waals surface area contributed by atoms with Crippen molar-refractivity contribution in [2.24, 2.45) is 4.99 Å². The number of nitrogens with zero attached hydrogens (tertiary/aromatic N) is 4. The van der Waals surface area contributed by atoms with E-state index >= 15 is 0 Å². The van der Waals surface area contributed by atoms with Crippen LogP contribution in [-0.4, -0.2) is 60.8 Å². The number of guanidine groups is 1. The summed E-state index contributed by atoms with van der Waals surface area (Å²) in [5.74, 6) is 2.65. The van der Waals surface area contributed by atoms with E-state index in [1.807, 2.05) is 13.1 Å². The molecule has 0 saturated carbocycles. The maximum Gasteiger partial charge on any atom is 0.231 e. The number of rotatable bonds is 4. The van der Waals surface area contributed by atoms with Crippen LogP contribution in [0.1, 0.15) is 21.1 Å². The SMILES string of the molecule is CN=C(NCc1nc(C)c(C)s1)N1CCN(Cc2ccc3c(c2)OCO3)CC1.I. The molecule has 1 fully saturated rings. The van der Waals surface area contributed by atoms with Gasteiger partial charge in [0.2, 0.25) is 6.79 Å². The standard InChI is InChI=1S/C20H27N5O2S.HI/c1-14-15(2)28-19(23-14)11-22-20(21-3)25-8-6-24(7-9-25)12-16-4-5-17-18(10-16)27-13-26-17;/h4-5,10H,6-9,11-13H2,1-3H3,(H,21,22);1H. The minimum Gasteiger partial charge on any atom is -0.454 e. The number of aliphatic imine (C=N–C) groups is 1. The first-order valence-corrected chi connectivity index (χ1v) is 10.4. The molecular weight excluding hydrogens is 501 g/mol. The molecule has 1 aromatic heterocycles. The number of halogens is 1. The molecule has 1 saturated heterocycles. The van der Waals surface area contributed by atoms with Gasteiger partial charge in [-0.2, -0.15) is 0 Å². The lowest BCUT2D eigenvalue weighted by atomic mass is 10.1. The molecule has 2 aromatic rings. The highest BCUT2D eigenvalue weighted by molar-refractivity contribution is 14.0. The van der Waals surface area contributed by atoms with Gasteiger partial charge in [0.15, 0.2) is 17.5 Å². The van der Waals surface area contributed by atoms with Gasteiger partial charge in [-0.1, -0.05) is 6.07 Å². The summed E-state index contributed by atoms with van der Waals surface area (Å²) < 4.78 is 10.9. The molecule has 2 aliphatic rings. The van der Waals surface area contributed by atoms with Gasteiger partial charge in [-0.3, -0.25) is 9.89 Å². The second-order valence-corrected chi connectivity index (χ2v) is 8.39. The van der Waals surface area contributed by atoms with Crippen LogP contribution in [0.5, 0.6) is 11.5 Å². The Bertz CT molecular complexity index is 845. The Labute approximate surface area is 193 Å². The number of hydrogen-bond donors (Lipinski definition) is 1. The molecule has 1 aromatic carbocycles. The highest BCUT2D eigenvalue weighted by Gasteiger charge is 2.21. The van der Waals surface area contributed by atoms with Gasteiger partial charge in [0, 0.05) is 44.6 Å². The van der Waals surface area contributed by atoms with E-state index < -0.39 is 0 Å². The summed E-state index contributed by atoms with van der Waals surface area (Å²) in [6.45, 7) is 10.1. The van der Waals surface area contributed by atoms with E-state index in [1.165, 1.54) is 10.4 Å². The lowest BCUT2D eigenvalue weighted by Gasteiger charge is -2.36. The van der Waals surface area contributed by atoms with Crippen molar-refractivity contribution in [2.75, 3.05) is 40.0 Å². The molecule has 0 spiro atoms. The fourth-order valence-electron chi connectivity index (χ4n) is 3.52. The molecule has 0 aliphatic carbocycles. The van der Waals surface area contributed by atoms with Gasteiger partial charge in [-0.25, -0.2) is 4.98 Å². The Balaban J connectivity index is 0.00000240. The number of piperazine rings is 1. The molecule has 0 atom stereocenters. The van der Waals surface area contributed by atoms with Crippen LogP contribution in [-0.2, 0) is 13.1 Å². The zero-order valence-corrected chi connectivity index (χ0v) is 20.3. The van der Waals surface area contributed by atoms with Crippen molar-refractivity contribution in [1.82, 2.24) is 20.1 Å². The van der Waals surface area contributed by atoms with Crippen molar-refractivity contribution >= 4 is 41.3 Å². The molecule has 7 nitrogen and oxygen atoms in total. The molecule has 1 N–H and O–H groups in total. The Morgan fingerprint density at radius 1 is 1.17 bits per heavy atom. The third kappa shape index (κ3) is 5.32. The summed E-state index contributed by atoms with van der Waals surface area (Å²) in [5.41, 5.74) is 2.38. The number of benzene rings is 1. The lowest BCUT2D eigenvalue weighted by molar-refractivity contribution is 0.171. The van der Waals surface area contributed by atoms with Crippen molar-refractivity contribution in [1.29, 1.82) is 0 Å². The summed E-state index contributed by atoms with van der Waals surface area (Å²) in [6.07, 6.45) is 0. The van der Waals surface area contributed by atoms with Crippen LogP contribution in [0.2, 0.25) is 0 Å². The number of aryl methyl sites for hydroxylation is 2. The van der Waals surface area contributed by atoms with Gasteiger partial charge in [-0.05, 0) is 31.5 Å². The van der Waals surface area contributed by atoms with Crippen molar-refractivity contribution < 1.29 is 9.47 Å². The smallest absolute Gasteiger partial charge is 0.231 e. The lowest BCUT2D eigenvalue weighted by Crippen LogP contribution is -2.52. The summed E-state index contributed by atoms with van der Waals surface area (Å²) in [5, 5.41) is 4.57. The van der Waals surface area contributed by atoms with E-state index in [1.54, 1.807) is 11.3 Å². The number of nitrogens with one attached hydrogen (secondary N) is 1. The fourth-order valence-corrected chi connectivity index (χ4v) is 4.39. The van der Waals surface area contributed by atoms with E-state index in [0.29, 0.717) is 6.79 Å². The maximum atomic E-state index is 5.49. The average Bonchev–Trinajstić information content (AvgIpc) is 3.29. The molecule has 2 aliphatic heterocycles. The monoisotopic (exact) mass is 529 g/mol. The van der Waals surface area contributed by atoms with Crippen LogP contribution < -0.4 is 14.8 Å². The largest absolute Gasteiger partial charge is 0.454 e. The predicted octanol–water partition coefficient (Wildman–Crippen LogP) is 3.00. The van der Waals surface area contributed by atoms with Crippen LogP contribution in [0.15, 0.2) is 23.2 Å². The molecule has 4 rings (SSSR count). The Morgan fingerprint density at radius 3 is 2.62 bits per heavy atom. The number of ether oxygens (including phenoxy) is 2. The number of fused-ring (bicyclic) bond motifs is 1. The third-order valence-corrected chi connectivity index (χ3v) is 6.27. The van der Waals surface area contributed by atoms with Crippen LogP contribution in [0, 0.1) is 13.8 Å². The van der Waals surface area contributed by atoms with Gasteiger partial charge >= 0.3 is 0 Å². The van der Waals surface area contributed by atoms with Crippen molar-refractivity contribution in [3.63, 3.8) is 0 Å². The quantitative estimate of drug-likeness (QED) is 0.374. The van der Waals surface area contributed by atoms with E-state index in [0.717, 1.165) is 67.4 Å². The van der Waals surface area contributed by atoms with Gasteiger partial charge in [0.25, 0.3) is 0 Å². The number of aromatic nitrogens is 1. The van der Waals surface area contributed by atoms with Gasteiger partial charge < -0.3 is 19.7 Å². The van der Waals surface area contributed by atoms with Crippen molar-refractivity contribution in [2.45, 2.75) is 26.9 Å². The van der Waals surface area contributed by atoms with Gasteiger partial charge in [0.05, 0.1) is 12.2 Å². The minimum atomic E-state index is 0. The van der Waals surface area contributed by atoms with E-state index in [2.05, 4.69) is 51.1 Å². The summed E-state index contributed by atoms with van der Waals surface area (Å²) >= 11 is 1.75. The molecule has 9 heteroatoms. The molecule has 0 bridgehead atoms. The molecule has 29 heavy (non-hydrogen) atoms. The zero-order valence-electron chi connectivity index (χ0n) is 17.1. The fraction of sp³-hybridized carbons (Fsp3) is 0.500. The first kappa shape index (κ1) is 22.1. The second-order valence-electron chi connectivity index (χ2n) is 7.10. The molecule has 0 amide bonds. The predicted molar refractivity (Wildman–Crippen MR) is 127 cm³/mol. The van der Waals surface area contributed by atoms with Gasteiger partial charge in [-0.15, -0.1) is 35.3 Å². The highest BCUT2D eigenvalue weighted by atomic mass is 127. The average molecular weight is 529 g/mol. The normalized spacial score (nSPS) is 16.7. The van der Waals surface area contributed by atoms with Gasteiger partial charge in [0.1, 0.15) is 5.01 Å². The maximum absolute atomic E-state index is 5.49. The summed E-state index contributed by atoms with van der Waals surface area (Å²) in [4.78, 5) is 15.1. The first-order chi connectivity index (χ1) is 13.6. The second kappa shape index (κ2) is 9.94. The van der Waals surface area contributed by atoms with Crippen LogP contribution in [0.25, 0.3) is 0 Å². The number of thiazole rings is 1. The third-order valence-electron chi connectivity index (χ3n) is 5.20. The summed E-state index contributed by atoms with van der Waals surface area (Å²) in [6, 6.07) is 6.22. The van der Waals surface area contributed by atoms with E-state index in [9.17, 15) is 0 Å². The highest BCUT2D eigenvalue weighted by Crippen LogP contribution is 2.32. The van der Waals surface area contributed by atoms with E-state index in [4.69, 9.17) is 9.47 Å². The molecule has 0 radical (unpaired) electrons. The Kier molecular flexibility index (Phi) is 7.58. The van der Waals surface area contributed by atoms with Crippen molar-refractivity contribution in [3.05, 3.63) is 39.3 Å². The Morgan fingerprint density at radius 2 is 1.93 bits per heavy atom. The Hall–Kier alpha value is -1.59. The molecule has 3 heterocycles. The molecule has 158 valence electrons. The van der Waals surface area contributed by atoms with Crippen molar-refractivity contribution in [3.8, 4) is 11.5 Å². The van der Waals surface area contributed by atoms with Crippen LogP contribution >= 0.6 is 35.3 Å². The zero-order chi connectivity index (χ0) is 19.5. The topological polar surface area (TPSA) is 62.2 Å². The van der Waals surface area contributed by atoms with Crippen LogP contribution in [0.4, 0.5) is 0 Å². The van der Waals surface area contributed by atoms with E-state index in [-0.39, 0.29) is 24.0 Å². The molecular formula is C20H28IN5O2S. The first-order valence-electron chi connectivity index (χ1n) is 9.62. The summed E-state index contributed by atoms with van der Waals surface area (Å²) in [7, 11) is 1.85. The molecule has 0 unspecified atom stereocenters. The minimum absolute atomic E-state index is 0. The van der Waals surface area contributed by atoms with Crippen LogP contribution in [0.3, 0.4) is 0 Å². The number of hydrogen-bond acceptors (Lipinski definition) is 6.